The molecule has 0 heterocycles. The van der Waals surface area contributed by atoms with Crippen LogP contribution in [-0.4, -0.2) is 16.3 Å². The molecule has 0 amide bonds. The molecular weight excluding hydrogens is 244 g/mol. The lowest BCUT2D eigenvalue weighted by Crippen LogP contribution is -2.38. The van der Waals surface area contributed by atoms with Gasteiger partial charge in [-0.3, -0.25) is 0 Å². The number of nitrogens with one attached hydrogen (secondary N) is 2. The van der Waals surface area contributed by atoms with Crippen LogP contribution >= 0.6 is 12.2 Å². The maximum atomic E-state index is 9.08. The topological polar surface area (TPSA) is 44.3 Å². The Morgan fingerprint density at radius 2 is 2.06 bits per heavy atom. The summed E-state index contributed by atoms with van der Waals surface area (Å²) in [5.74, 6) is 0. The zero-order valence-electron chi connectivity index (χ0n) is 10.5. The third-order valence-electron chi connectivity index (χ3n) is 3.31. The summed E-state index contributed by atoms with van der Waals surface area (Å²) in [6.07, 6.45) is 6.34. The molecule has 0 unspecified atom stereocenters. The van der Waals surface area contributed by atoms with Crippen LogP contribution in [0.25, 0.3) is 0 Å². The van der Waals surface area contributed by atoms with Gasteiger partial charge in [0.15, 0.2) is 5.11 Å². The van der Waals surface area contributed by atoms with Gasteiger partial charge < -0.3 is 15.7 Å². The Kier molecular flexibility index (Phi) is 4.96. The van der Waals surface area contributed by atoms with Gasteiger partial charge in [0.25, 0.3) is 0 Å². The molecule has 0 spiro atoms. The third-order valence-corrected chi connectivity index (χ3v) is 3.53. The molecule has 1 aromatic rings. The second-order valence-electron chi connectivity index (χ2n) is 4.79. The van der Waals surface area contributed by atoms with E-state index in [1.54, 1.807) is 0 Å². The summed E-state index contributed by atoms with van der Waals surface area (Å²) in [6, 6.07) is 8.18. The molecule has 98 valence electrons. The predicted octanol–water partition coefficient (Wildman–Crippen LogP) is 2.80. The molecule has 0 aliphatic heterocycles. The fourth-order valence-electron chi connectivity index (χ4n) is 2.35. The van der Waals surface area contributed by atoms with Crippen LogP contribution in [0.4, 0.5) is 5.69 Å². The minimum Gasteiger partial charge on any atom is -0.392 e. The monoisotopic (exact) mass is 264 g/mol. The fourth-order valence-corrected chi connectivity index (χ4v) is 2.63. The number of aliphatic hydroxyl groups is 1. The third kappa shape index (κ3) is 3.96. The lowest BCUT2D eigenvalue weighted by molar-refractivity contribution is 0.282. The molecule has 2 rings (SSSR count). The summed E-state index contributed by atoms with van der Waals surface area (Å²) in [5, 5.41) is 16.3. The van der Waals surface area contributed by atoms with Gasteiger partial charge in [-0.2, -0.15) is 0 Å². The summed E-state index contributed by atoms with van der Waals surface area (Å²) in [5.41, 5.74) is 1.82. The van der Waals surface area contributed by atoms with Gasteiger partial charge in [-0.25, -0.2) is 0 Å². The molecule has 3 nitrogen and oxygen atoms in total. The highest BCUT2D eigenvalue weighted by Crippen LogP contribution is 2.17. The standard InChI is InChI=1S/C14H20N2OS/c17-10-11-5-4-8-13(9-11)16-14(18)15-12-6-2-1-3-7-12/h4-5,8-9,12,17H,1-3,6-7,10H2,(H2,15,16,18). The van der Waals surface area contributed by atoms with Gasteiger partial charge in [0, 0.05) is 11.7 Å². The van der Waals surface area contributed by atoms with Crippen molar-refractivity contribution in [3.05, 3.63) is 29.8 Å². The van der Waals surface area contributed by atoms with Crippen molar-refractivity contribution in [2.45, 2.75) is 44.8 Å². The summed E-state index contributed by atoms with van der Waals surface area (Å²) >= 11 is 5.31. The van der Waals surface area contributed by atoms with Gasteiger partial charge in [0.2, 0.25) is 0 Å². The molecule has 1 fully saturated rings. The van der Waals surface area contributed by atoms with Crippen LogP contribution in [0.1, 0.15) is 37.7 Å². The maximum Gasteiger partial charge on any atom is 0.170 e. The Labute approximate surface area is 114 Å². The molecule has 4 heteroatoms. The SMILES string of the molecule is OCc1cccc(NC(=S)NC2CCCCC2)c1. The first-order valence-electron chi connectivity index (χ1n) is 6.55. The molecule has 18 heavy (non-hydrogen) atoms. The lowest BCUT2D eigenvalue weighted by Gasteiger charge is -2.24. The van der Waals surface area contributed by atoms with E-state index in [1.807, 2.05) is 24.3 Å². The van der Waals surface area contributed by atoms with Crippen LogP contribution in [0, 0.1) is 0 Å². The minimum absolute atomic E-state index is 0.0539. The number of rotatable bonds is 3. The Balaban J connectivity index is 1.85. The number of hydrogen-bond acceptors (Lipinski definition) is 2. The van der Waals surface area contributed by atoms with E-state index >= 15 is 0 Å². The van der Waals surface area contributed by atoms with E-state index in [2.05, 4.69) is 10.6 Å². The number of benzene rings is 1. The zero-order chi connectivity index (χ0) is 12.8. The molecule has 0 bridgehead atoms. The minimum atomic E-state index is 0.0539. The summed E-state index contributed by atoms with van der Waals surface area (Å²) < 4.78 is 0. The van der Waals surface area contributed by atoms with Gasteiger partial charge >= 0.3 is 0 Å². The van der Waals surface area contributed by atoms with Gasteiger partial charge in [-0.15, -0.1) is 0 Å². The maximum absolute atomic E-state index is 9.08. The van der Waals surface area contributed by atoms with E-state index in [9.17, 15) is 0 Å². The average molecular weight is 264 g/mol. The highest BCUT2D eigenvalue weighted by molar-refractivity contribution is 7.80. The van der Waals surface area contributed by atoms with E-state index in [0.717, 1.165) is 11.3 Å². The van der Waals surface area contributed by atoms with Crippen LogP contribution in [-0.2, 0) is 6.61 Å². The largest absolute Gasteiger partial charge is 0.392 e. The van der Waals surface area contributed by atoms with Crippen molar-refractivity contribution in [2.24, 2.45) is 0 Å². The van der Waals surface area contributed by atoms with Crippen LogP contribution in [0.2, 0.25) is 0 Å². The van der Waals surface area contributed by atoms with Crippen molar-refractivity contribution >= 4 is 23.0 Å². The van der Waals surface area contributed by atoms with Crippen molar-refractivity contribution in [2.75, 3.05) is 5.32 Å². The van der Waals surface area contributed by atoms with Gasteiger partial charge in [0.05, 0.1) is 6.61 Å². The molecule has 1 aliphatic rings. The fraction of sp³-hybridized carbons (Fsp3) is 0.500. The van der Waals surface area contributed by atoms with Crippen molar-refractivity contribution in [1.82, 2.24) is 5.32 Å². The number of anilines is 1. The predicted molar refractivity (Wildman–Crippen MR) is 78.6 cm³/mol. The van der Waals surface area contributed by atoms with E-state index in [0.29, 0.717) is 11.2 Å². The first kappa shape index (κ1) is 13.3. The van der Waals surface area contributed by atoms with Crippen LogP contribution in [0.3, 0.4) is 0 Å². The van der Waals surface area contributed by atoms with Crippen molar-refractivity contribution in [1.29, 1.82) is 0 Å². The van der Waals surface area contributed by atoms with Gasteiger partial charge in [-0.1, -0.05) is 31.4 Å². The molecule has 0 saturated heterocycles. The van der Waals surface area contributed by atoms with Gasteiger partial charge in [-0.05, 0) is 42.8 Å². The van der Waals surface area contributed by atoms with E-state index < -0.39 is 0 Å². The zero-order valence-corrected chi connectivity index (χ0v) is 11.3. The molecule has 0 radical (unpaired) electrons. The highest BCUT2D eigenvalue weighted by Gasteiger charge is 2.13. The Hall–Kier alpha value is -1.13. The molecular formula is C14H20N2OS. The summed E-state index contributed by atoms with van der Waals surface area (Å²) in [7, 11) is 0. The molecule has 1 aliphatic carbocycles. The highest BCUT2D eigenvalue weighted by atomic mass is 32.1. The lowest BCUT2D eigenvalue weighted by atomic mass is 9.96. The molecule has 1 saturated carbocycles. The Bertz CT molecular complexity index is 403. The van der Waals surface area contributed by atoms with Crippen LogP contribution in [0.15, 0.2) is 24.3 Å². The van der Waals surface area contributed by atoms with E-state index in [-0.39, 0.29) is 6.61 Å². The Morgan fingerprint density at radius 3 is 2.78 bits per heavy atom. The average Bonchev–Trinajstić information content (AvgIpc) is 2.40. The van der Waals surface area contributed by atoms with Gasteiger partial charge in [0.1, 0.15) is 0 Å². The number of aliphatic hydroxyl groups excluding tert-OH is 1. The summed E-state index contributed by atoms with van der Waals surface area (Å²) in [4.78, 5) is 0. The first-order valence-corrected chi connectivity index (χ1v) is 6.96. The van der Waals surface area contributed by atoms with E-state index in [1.165, 1.54) is 32.1 Å². The van der Waals surface area contributed by atoms with Crippen molar-refractivity contribution in [3.63, 3.8) is 0 Å². The number of hydrogen-bond donors (Lipinski definition) is 3. The van der Waals surface area contributed by atoms with Crippen LogP contribution in [0.5, 0.6) is 0 Å². The molecule has 3 N–H and O–H groups in total. The second-order valence-corrected chi connectivity index (χ2v) is 5.20. The van der Waals surface area contributed by atoms with E-state index in [4.69, 9.17) is 17.3 Å². The van der Waals surface area contributed by atoms with Crippen LogP contribution < -0.4 is 10.6 Å². The van der Waals surface area contributed by atoms with Crippen molar-refractivity contribution < 1.29 is 5.11 Å². The summed E-state index contributed by atoms with van der Waals surface area (Å²) in [6.45, 7) is 0.0539. The normalized spacial score (nSPS) is 16.3. The number of thiocarbonyl (C=S) groups is 1. The second kappa shape index (κ2) is 6.71. The Morgan fingerprint density at radius 1 is 1.28 bits per heavy atom. The quantitative estimate of drug-likeness (QED) is 0.735. The first-order chi connectivity index (χ1) is 8.78. The molecule has 0 atom stereocenters. The smallest absolute Gasteiger partial charge is 0.170 e. The molecule has 1 aromatic carbocycles. The van der Waals surface area contributed by atoms with Crippen molar-refractivity contribution in [3.8, 4) is 0 Å². The molecule has 0 aromatic heterocycles.